The van der Waals surface area contributed by atoms with Gasteiger partial charge in [0.15, 0.2) is 11.5 Å². The lowest BCUT2D eigenvalue weighted by atomic mass is 10.1. The molecule has 0 radical (unpaired) electrons. The molecular weight excluding hydrogens is 262 g/mol. The zero-order chi connectivity index (χ0) is 15.1. The molecule has 0 bridgehead atoms. The Morgan fingerprint density at radius 3 is 2.55 bits per heavy atom. The molecule has 1 aromatic carbocycles. The van der Waals surface area contributed by atoms with Gasteiger partial charge in [0.05, 0.1) is 12.2 Å². The van der Waals surface area contributed by atoms with Gasteiger partial charge in [0, 0.05) is 6.54 Å². The van der Waals surface area contributed by atoms with E-state index in [1.165, 1.54) is 23.1 Å². The normalized spacial score (nSPS) is 10.1. The summed E-state index contributed by atoms with van der Waals surface area (Å²) in [7, 11) is 0. The van der Waals surface area contributed by atoms with E-state index in [9.17, 15) is 19.8 Å². The van der Waals surface area contributed by atoms with Crippen molar-refractivity contribution in [2.45, 2.75) is 20.3 Å². The van der Waals surface area contributed by atoms with Gasteiger partial charge in [0.1, 0.15) is 6.54 Å². The molecule has 0 heterocycles. The predicted octanol–water partition coefficient (Wildman–Crippen LogP) is 1.51. The standard InChI is InChI=1S/C14H19NO5/c1-3-8-15(9-12(17)20-4-2)14(19)10-6-5-7-11(16)13(10)18/h5-7,16,18H,3-4,8-9H2,1-2H3. The third-order valence-electron chi connectivity index (χ3n) is 2.65. The van der Waals surface area contributed by atoms with Crippen molar-refractivity contribution in [3.63, 3.8) is 0 Å². The number of ether oxygens (including phenoxy) is 1. The second-order valence-electron chi connectivity index (χ2n) is 4.21. The molecule has 0 aliphatic rings. The molecule has 110 valence electrons. The van der Waals surface area contributed by atoms with Crippen LogP contribution in [0.25, 0.3) is 0 Å². The monoisotopic (exact) mass is 281 g/mol. The Morgan fingerprint density at radius 2 is 1.95 bits per heavy atom. The lowest BCUT2D eigenvalue weighted by molar-refractivity contribution is -0.143. The number of nitrogens with zero attached hydrogens (tertiary/aromatic N) is 1. The quantitative estimate of drug-likeness (QED) is 0.609. The smallest absolute Gasteiger partial charge is 0.325 e. The zero-order valence-corrected chi connectivity index (χ0v) is 11.6. The van der Waals surface area contributed by atoms with Crippen molar-refractivity contribution in [3.8, 4) is 11.5 Å². The third kappa shape index (κ3) is 3.88. The van der Waals surface area contributed by atoms with Crippen molar-refractivity contribution in [1.82, 2.24) is 4.90 Å². The molecule has 0 unspecified atom stereocenters. The van der Waals surface area contributed by atoms with Crippen LogP contribution in [0, 0.1) is 0 Å². The van der Waals surface area contributed by atoms with E-state index in [0.29, 0.717) is 13.0 Å². The number of para-hydroxylation sites is 1. The minimum atomic E-state index is -0.520. The van der Waals surface area contributed by atoms with Gasteiger partial charge in [-0.05, 0) is 25.5 Å². The third-order valence-corrected chi connectivity index (χ3v) is 2.65. The lowest BCUT2D eigenvalue weighted by Gasteiger charge is -2.21. The number of rotatable bonds is 6. The first-order chi connectivity index (χ1) is 9.51. The van der Waals surface area contributed by atoms with Crippen LogP contribution in [0.2, 0.25) is 0 Å². The predicted molar refractivity (Wildman–Crippen MR) is 72.6 cm³/mol. The van der Waals surface area contributed by atoms with E-state index in [0.717, 1.165) is 0 Å². The number of hydrogen-bond donors (Lipinski definition) is 2. The molecular formula is C14H19NO5. The number of carbonyl (C=O) groups excluding carboxylic acids is 2. The van der Waals surface area contributed by atoms with Crippen molar-refractivity contribution in [3.05, 3.63) is 23.8 Å². The fraction of sp³-hybridized carbons (Fsp3) is 0.429. The fourth-order valence-electron chi connectivity index (χ4n) is 1.76. The first-order valence-electron chi connectivity index (χ1n) is 6.47. The van der Waals surface area contributed by atoms with Gasteiger partial charge in [-0.1, -0.05) is 13.0 Å². The molecule has 6 heteroatoms. The molecule has 0 aromatic heterocycles. The van der Waals surface area contributed by atoms with Crippen molar-refractivity contribution < 1.29 is 24.5 Å². The molecule has 0 aliphatic carbocycles. The summed E-state index contributed by atoms with van der Waals surface area (Å²) < 4.78 is 4.81. The molecule has 0 spiro atoms. The molecule has 6 nitrogen and oxygen atoms in total. The second kappa shape index (κ2) is 7.37. The second-order valence-corrected chi connectivity index (χ2v) is 4.21. The average Bonchev–Trinajstić information content (AvgIpc) is 2.41. The van der Waals surface area contributed by atoms with Gasteiger partial charge in [0.25, 0.3) is 5.91 Å². The van der Waals surface area contributed by atoms with Crippen LogP contribution in [0.15, 0.2) is 18.2 Å². The van der Waals surface area contributed by atoms with Gasteiger partial charge in [-0.15, -0.1) is 0 Å². The minimum Gasteiger partial charge on any atom is -0.504 e. The number of amides is 1. The summed E-state index contributed by atoms with van der Waals surface area (Å²) in [5, 5.41) is 19.1. The number of phenols is 2. The van der Waals surface area contributed by atoms with Crippen molar-refractivity contribution in [1.29, 1.82) is 0 Å². The molecule has 0 atom stereocenters. The van der Waals surface area contributed by atoms with Crippen LogP contribution in [-0.2, 0) is 9.53 Å². The SMILES string of the molecule is CCCN(CC(=O)OCC)C(=O)c1cccc(O)c1O. The summed E-state index contributed by atoms with van der Waals surface area (Å²) in [6, 6.07) is 4.13. The Balaban J connectivity index is 2.93. The highest BCUT2D eigenvalue weighted by atomic mass is 16.5. The summed E-state index contributed by atoms with van der Waals surface area (Å²) in [6.07, 6.45) is 0.657. The van der Waals surface area contributed by atoms with E-state index >= 15 is 0 Å². The highest BCUT2D eigenvalue weighted by molar-refractivity contribution is 5.99. The molecule has 0 saturated heterocycles. The van der Waals surface area contributed by atoms with Crippen LogP contribution < -0.4 is 0 Å². The number of aromatic hydroxyl groups is 2. The summed E-state index contributed by atoms with van der Waals surface area (Å²) in [6.45, 7) is 3.96. The first-order valence-corrected chi connectivity index (χ1v) is 6.47. The van der Waals surface area contributed by atoms with Crippen LogP contribution in [0.3, 0.4) is 0 Å². The first kappa shape index (κ1) is 15.8. The van der Waals surface area contributed by atoms with E-state index < -0.39 is 17.6 Å². The molecule has 0 fully saturated rings. The maximum atomic E-state index is 12.3. The summed E-state index contributed by atoms with van der Waals surface area (Å²) in [5.74, 6) is -1.88. The summed E-state index contributed by atoms with van der Waals surface area (Å²) in [5.41, 5.74) is -0.0391. The molecule has 2 N–H and O–H groups in total. The average molecular weight is 281 g/mol. The number of esters is 1. The van der Waals surface area contributed by atoms with Crippen LogP contribution in [0.5, 0.6) is 11.5 Å². The molecule has 0 saturated carbocycles. The van der Waals surface area contributed by atoms with Gasteiger partial charge >= 0.3 is 5.97 Å². The maximum absolute atomic E-state index is 12.3. The number of carbonyl (C=O) groups is 2. The summed E-state index contributed by atoms with van der Waals surface area (Å²) >= 11 is 0. The fourth-order valence-corrected chi connectivity index (χ4v) is 1.76. The lowest BCUT2D eigenvalue weighted by Crippen LogP contribution is -2.37. The van der Waals surface area contributed by atoms with Crippen LogP contribution in [0.4, 0.5) is 0 Å². The molecule has 1 amide bonds. The van der Waals surface area contributed by atoms with Gasteiger partial charge in [-0.3, -0.25) is 9.59 Å². The Labute approximate surface area is 117 Å². The van der Waals surface area contributed by atoms with Crippen LogP contribution in [-0.4, -0.2) is 46.7 Å². The Kier molecular flexibility index (Phi) is 5.83. The van der Waals surface area contributed by atoms with E-state index in [4.69, 9.17) is 4.74 Å². The van der Waals surface area contributed by atoms with Gasteiger partial charge in [-0.2, -0.15) is 0 Å². The van der Waals surface area contributed by atoms with Crippen molar-refractivity contribution in [2.24, 2.45) is 0 Å². The Morgan fingerprint density at radius 1 is 1.25 bits per heavy atom. The number of benzene rings is 1. The van der Waals surface area contributed by atoms with Crippen molar-refractivity contribution >= 4 is 11.9 Å². The highest BCUT2D eigenvalue weighted by Gasteiger charge is 2.22. The summed E-state index contributed by atoms with van der Waals surface area (Å²) in [4.78, 5) is 25.1. The number of hydrogen-bond acceptors (Lipinski definition) is 5. The Bertz CT molecular complexity index is 486. The Hall–Kier alpha value is -2.24. The van der Waals surface area contributed by atoms with Gasteiger partial charge in [0.2, 0.25) is 0 Å². The number of phenolic OH excluding ortho intramolecular Hbond substituents is 2. The van der Waals surface area contributed by atoms with Gasteiger partial charge < -0.3 is 19.8 Å². The van der Waals surface area contributed by atoms with E-state index in [-0.39, 0.29) is 24.5 Å². The maximum Gasteiger partial charge on any atom is 0.325 e. The van der Waals surface area contributed by atoms with Crippen molar-refractivity contribution in [2.75, 3.05) is 19.7 Å². The van der Waals surface area contributed by atoms with E-state index in [2.05, 4.69) is 0 Å². The van der Waals surface area contributed by atoms with Crippen LogP contribution in [0.1, 0.15) is 30.6 Å². The van der Waals surface area contributed by atoms with E-state index in [1.807, 2.05) is 6.92 Å². The van der Waals surface area contributed by atoms with Crippen LogP contribution >= 0.6 is 0 Å². The minimum absolute atomic E-state index is 0.0391. The molecule has 1 aromatic rings. The molecule has 1 rings (SSSR count). The zero-order valence-electron chi connectivity index (χ0n) is 11.6. The van der Waals surface area contributed by atoms with Gasteiger partial charge in [-0.25, -0.2) is 0 Å². The highest BCUT2D eigenvalue weighted by Crippen LogP contribution is 2.29. The molecule has 0 aliphatic heterocycles. The molecule has 20 heavy (non-hydrogen) atoms. The topological polar surface area (TPSA) is 87.1 Å². The largest absolute Gasteiger partial charge is 0.504 e. The van der Waals surface area contributed by atoms with E-state index in [1.54, 1.807) is 6.92 Å².